The first-order valence-electron chi connectivity index (χ1n) is 11.2. The Morgan fingerprint density at radius 2 is 1.97 bits per heavy atom. The Balaban J connectivity index is 1.54. The first-order chi connectivity index (χ1) is 14.9. The number of carbonyl (C=O) groups is 1. The van der Waals surface area contributed by atoms with Gasteiger partial charge in [-0.3, -0.25) is 4.79 Å². The number of fused-ring (bicyclic) bond motifs is 4. The number of nitrogens with one attached hydrogen (secondary N) is 2. The second-order valence-corrected chi connectivity index (χ2v) is 10.5. The van der Waals surface area contributed by atoms with Crippen molar-refractivity contribution in [1.82, 2.24) is 5.32 Å². The number of amides is 1. The van der Waals surface area contributed by atoms with Crippen LogP contribution in [0.5, 0.6) is 5.75 Å². The summed E-state index contributed by atoms with van der Waals surface area (Å²) < 4.78 is 5.69. The van der Waals surface area contributed by atoms with E-state index in [4.69, 9.17) is 4.74 Å². The van der Waals surface area contributed by atoms with Crippen molar-refractivity contribution in [3.8, 4) is 5.75 Å². The summed E-state index contributed by atoms with van der Waals surface area (Å²) in [5.74, 6) is 1.48. The average molecular weight is 435 g/mol. The summed E-state index contributed by atoms with van der Waals surface area (Å²) in [6, 6.07) is 12.3. The molecule has 1 aliphatic carbocycles. The Morgan fingerprint density at radius 3 is 2.74 bits per heavy atom. The highest BCUT2D eigenvalue weighted by molar-refractivity contribution is 7.16. The molecule has 31 heavy (non-hydrogen) atoms. The zero-order valence-electron chi connectivity index (χ0n) is 18.7. The monoisotopic (exact) mass is 434 g/mol. The van der Waals surface area contributed by atoms with E-state index in [9.17, 15) is 4.79 Å². The normalized spacial score (nSPS) is 20.6. The number of carbonyl (C=O) groups excluding carboxylic acids is 1. The summed E-state index contributed by atoms with van der Waals surface area (Å²) in [6.07, 6.45) is 4.09. The number of hydrogen-bond acceptors (Lipinski definition) is 4. The van der Waals surface area contributed by atoms with E-state index >= 15 is 0 Å². The van der Waals surface area contributed by atoms with Crippen LogP contribution in [0.1, 0.15) is 66.1 Å². The van der Waals surface area contributed by atoms with Gasteiger partial charge >= 0.3 is 0 Å². The lowest BCUT2D eigenvalue weighted by atomic mass is 9.69. The molecular formula is C26H30N2O2S. The van der Waals surface area contributed by atoms with Crippen molar-refractivity contribution in [1.29, 1.82) is 0 Å². The summed E-state index contributed by atoms with van der Waals surface area (Å²) in [5, 5.41) is 10.1. The van der Waals surface area contributed by atoms with Gasteiger partial charge in [-0.1, -0.05) is 57.5 Å². The molecule has 1 amide bonds. The summed E-state index contributed by atoms with van der Waals surface area (Å²) in [4.78, 5) is 14.7. The van der Waals surface area contributed by atoms with E-state index in [-0.39, 0.29) is 12.1 Å². The molecule has 0 bridgehead atoms. The summed E-state index contributed by atoms with van der Waals surface area (Å²) in [6.45, 7) is 7.04. The molecule has 0 unspecified atom stereocenters. The van der Waals surface area contributed by atoms with E-state index in [1.54, 1.807) is 18.4 Å². The largest absolute Gasteiger partial charge is 0.496 e. The minimum absolute atomic E-state index is 0.0273. The molecule has 2 aliphatic rings. The number of anilines is 1. The van der Waals surface area contributed by atoms with Crippen LogP contribution in [0.3, 0.4) is 0 Å². The van der Waals surface area contributed by atoms with Gasteiger partial charge in [-0.2, -0.15) is 0 Å². The highest BCUT2D eigenvalue weighted by Gasteiger charge is 2.38. The molecule has 162 valence electrons. The van der Waals surface area contributed by atoms with Crippen molar-refractivity contribution in [3.63, 3.8) is 0 Å². The molecule has 2 aromatic carbocycles. The summed E-state index contributed by atoms with van der Waals surface area (Å²) in [7, 11) is 1.68. The first kappa shape index (κ1) is 20.4. The van der Waals surface area contributed by atoms with E-state index < -0.39 is 0 Å². The van der Waals surface area contributed by atoms with Crippen LogP contribution in [0.4, 0.5) is 5.00 Å². The maximum atomic E-state index is 13.3. The van der Waals surface area contributed by atoms with Gasteiger partial charge in [0.2, 0.25) is 0 Å². The molecule has 5 heteroatoms. The van der Waals surface area contributed by atoms with Crippen molar-refractivity contribution < 1.29 is 9.53 Å². The minimum atomic E-state index is -0.316. The molecule has 2 heterocycles. The van der Waals surface area contributed by atoms with Gasteiger partial charge in [0, 0.05) is 10.4 Å². The molecule has 1 aromatic heterocycles. The highest BCUT2D eigenvalue weighted by Crippen LogP contribution is 2.47. The maximum Gasteiger partial charge on any atom is 0.256 e. The van der Waals surface area contributed by atoms with Crippen molar-refractivity contribution in [2.24, 2.45) is 11.3 Å². The molecule has 0 spiro atoms. The zero-order chi connectivity index (χ0) is 21.8. The molecule has 0 saturated heterocycles. The first-order valence-corrected chi connectivity index (χ1v) is 12.0. The van der Waals surface area contributed by atoms with Crippen LogP contribution in [-0.4, -0.2) is 13.0 Å². The van der Waals surface area contributed by atoms with E-state index in [1.165, 1.54) is 16.9 Å². The lowest BCUT2D eigenvalue weighted by Crippen LogP contribution is -2.38. The molecular weight excluding hydrogens is 404 g/mol. The van der Waals surface area contributed by atoms with Crippen LogP contribution in [0.2, 0.25) is 0 Å². The third-order valence-electron chi connectivity index (χ3n) is 7.50. The van der Waals surface area contributed by atoms with Gasteiger partial charge in [0.15, 0.2) is 0 Å². The van der Waals surface area contributed by atoms with Crippen LogP contribution in [0.15, 0.2) is 36.4 Å². The van der Waals surface area contributed by atoms with E-state index in [1.807, 2.05) is 18.2 Å². The number of ether oxygens (including phenoxy) is 1. The molecule has 2 atom stereocenters. The van der Waals surface area contributed by atoms with Crippen LogP contribution in [0, 0.1) is 11.3 Å². The lowest BCUT2D eigenvalue weighted by Gasteiger charge is -2.36. The van der Waals surface area contributed by atoms with Crippen LogP contribution < -0.4 is 15.4 Å². The Hall–Kier alpha value is -2.53. The number of benzene rings is 2. The molecule has 5 rings (SSSR count). The van der Waals surface area contributed by atoms with Crippen LogP contribution >= 0.6 is 11.3 Å². The predicted molar refractivity (Wildman–Crippen MR) is 128 cm³/mol. The molecule has 3 aromatic rings. The third kappa shape index (κ3) is 3.30. The average Bonchev–Trinajstić information content (AvgIpc) is 3.16. The van der Waals surface area contributed by atoms with Gasteiger partial charge in [0.05, 0.1) is 12.7 Å². The van der Waals surface area contributed by atoms with Crippen molar-refractivity contribution in [2.75, 3.05) is 12.4 Å². The molecule has 0 radical (unpaired) electrons. The molecule has 0 fully saturated rings. The Morgan fingerprint density at radius 1 is 1.16 bits per heavy atom. The predicted octanol–water partition coefficient (Wildman–Crippen LogP) is 6.31. The summed E-state index contributed by atoms with van der Waals surface area (Å²) >= 11 is 1.78. The minimum Gasteiger partial charge on any atom is -0.496 e. The smallest absolute Gasteiger partial charge is 0.256 e. The zero-order valence-corrected chi connectivity index (χ0v) is 19.5. The van der Waals surface area contributed by atoms with E-state index in [0.717, 1.165) is 51.9 Å². The van der Waals surface area contributed by atoms with Crippen molar-refractivity contribution in [3.05, 3.63) is 58.0 Å². The van der Waals surface area contributed by atoms with Gasteiger partial charge in [0.1, 0.15) is 16.9 Å². The van der Waals surface area contributed by atoms with Gasteiger partial charge in [-0.25, -0.2) is 0 Å². The Bertz CT molecular complexity index is 1160. The number of methoxy groups -OCH3 is 1. The van der Waals surface area contributed by atoms with Gasteiger partial charge in [0.25, 0.3) is 5.91 Å². The number of hydrogen-bond donors (Lipinski definition) is 2. The molecule has 4 nitrogen and oxygen atoms in total. The fourth-order valence-electron chi connectivity index (χ4n) is 5.15. The summed E-state index contributed by atoms with van der Waals surface area (Å²) in [5.41, 5.74) is 3.44. The second kappa shape index (κ2) is 7.56. The number of thiophene rings is 1. The Kier molecular flexibility index (Phi) is 4.97. The fraction of sp³-hybridized carbons (Fsp3) is 0.423. The number of rotatable bonds is 4. The second-order valence-electron chi connectivity index (χ2n) is 9.44. The van der Waals surface area contributed by atoms with Crippen LogP contribution in [0.25, 0.3) is 10.8 Å². The maximum absolute atomic E-state index is 13.3. The topological polar surface area (TPSA) is 50.4 Å². The van der Waals surface area contributed by atoms with Gasteiger partial charge in [-0.15, -0.1) is 11.3 Å². The Labute approximate surface area is 188 Å². The van der Waals surface area contributed by atoms with E-state index in [2.05, 4.69) is 49.6 Å². The molecule has 0 saturated carbocycles. The van der Waals surface area contributed by atoms with E-state index in [0.29, 0.717) is 11.3 Å². The molecule has 1 aliphatic heterocycles. The fourth-order valence-corrected chi connectivity index (χ4v) is 6.50. The highest BCUT2D eigenvalue weighted by atomic mass is 32.1. The van der Waals surface area contributed by atoms with Gasteiger partial charge < -0.3 is 15.4 Å². The standard InChI is InChI=1S/C26H30N2O2S/c1-5-26(2,3)16-11-12-18-20(14-16)31-25-22(18)24(29)27-23(28-25)21-17-9-7-6-8-15(17)10-13-19(21)30-4/h6-10,13,16,23,28H,5,11-12,14H2,1-4H3,(H,27,29)/t16-,23+/m1/s1. The lowest BCUT2D eigenvalue weighted by molar-refractivity contribution is 0.0934. The third-order valence-corrected chi connectivity index (χ3v) is 8.68. The van der Waals surface area contributed by atoms with Gasteiger partial charge in [-0.05, 0) is 53.0 Å². The SMILES string of the molecule is CCC(C)(C)[C@@H]1CCc2c(sc3c2C(=O)N[C@H](c2c(OC)ccc4ccccc24)N3)C1. The van der Waals surface area contributed by atoms with Crippen molar-refractivity contribution in [2.45, 2.75) is 52.6 Å². The van der Waals surface area contributed by atoms with Crippen molar-refractivity contribution >= 4 is 33.0 Å². The van der Waals surface area contributed by atoms with Crippen LogP contribution in [-0.2, 0) is 12.8 Å². The quantitative estimate of drug-likeness (QED) is 0.506. The molecule has 2 N–H and O–H groups in total.